The van der Waals surface area contributed by atoms with Gasteiger partial charge in [-0.15, -0.1) is 12.4 Å². The quantitative estimate of drug-likeness (QED) is 0.856. The summed E-state index contributed by atoms with van der Waals surface area (Å²) >= 11 is 0. The number of benzene rings is 2. The minimum atomic E-state index is 0. The van der Waals surface area contributed by atoms with Crippen molar-refractivity contribution in [3.63, 3.8) is 0 Å². The average molecular weight is 305 g/mol. The monoisotopic (exact) mass is 304 g/mol. The molecule has 0 aromatic heterocycles. The molecule has 3 nitrogen and oxygen atoms in total. The highest BCUT2D eigenvalue weighted by atomic mass is 35.5. The van der Waals surface area contributed by atoms with Gasteiger partial charge in [-0.25, -0.2) is 0 Å². The third-order valence-electron chi connectivity index (χ3n) is 3.81. The normalized spacial score (nSPS) is 21.3. The van der Waals surface area contributed by atoms with Gasteiger partial charge in [0.05, 0.1) is 0 Å². The van der Waals surface area contributed by atoms with E-state index in [0.717, 1.165) is 30.9 Å². The van der Waals surface area contributed by atoms with Crippen LogP contribution in [0.3, 0.4) is 0 Å². The van der Waals surface area contributed by atoms with E-state index in [2.05, 4.69) is 35.6 Å². The molecule has 1 saturated heterocycles. The van der Waals surface area contributed by atoms with Crippen molar-refractivity contribution in [2.45, 2.75) is 18.4 Å². The molecule has 1 heterocycles. The number of rotatable bonds is 3. The molecule has 112 valence electrons. The Kier molecular flexibility index (Phi) is 5.48. The molecular weight excluding hydrogens is 284 g/mol. The summed E-state index contributed by atoms with van der Waals surface area (Å²) in [7, 11) is 0. The third-order valence-corrected chi connectivity index (χ3v) is 3.81. The molecule has 21 heavy (non-hydrogen) atoms. The molecule has 4 heteroatoms. The fourth-order valence-corrected chi connectivity index (χ4v) is 2.73. The molecule has 0 radical (unpaired) electrons. The first kappa shape index (κ1) is 15.7. The number of piperidine rings is 1. The second kappa shape index (κ2) is 7.34. The summed E-state index contributed by atoms with van der Waals surface area (Å²) in [6.07, 6.45) is 1.23. The van der Waals surface area contributed by atoms with E-state index in [4.69, 9.17) is 10.5 Å². The Morgan fingerprint density at radius 2 is 1.71 bits per heavy atom. The summed E-state index contributed by atoms with van der Waals surface area (Å²) in [6, 6.07) is 18.2. The molecule has 2 atom stereocenters. The largest absolute Gasteiger partial charge is 0.490 e. The molecule has 0 saturated carbocycles. The number of nitrogen functional groups attached to an aromatic ring is 1. The molecule has 0 unspecified atom stereocenters. The van der Waals surface area contributed by atoms with E-state index in [9.17, 15) is 0 Å². The van der Waals surface area contributed by atoms with Crippen molar-refractivity contribution in [1.82, 2.24) is 5.32 Å². The van der Waals surface area contributed by atoms with E-state index in [1.54, 1.807) is 0 Å². The molecule has 3 rings (SSSR count). The number of nitrogens with one attached hydrogen (secondary N) is 1. The van der Waals surface area contributed by atoms with E-state index >= 15 is 0 Å². The lowest BCUT2D eigenvalue weighted by molar-refractivity contribution is 0.138. The Morgan fingerprint density at radius 1 is 1.00 bits per heavy atom. The first-order valence-corrected chi connectivity index (χ1v) is 7.11. The Labute approximate surface area is 131 Å². The standard InChI is InChI=1S/C17H20N2O.ClH/c18-14-6-8-15(9-7-14)20-17-10-11-19-12-16(17)13-4-2-1-3-5-13;/h1-9,16-17,19H,10-12,18H2;1H/t16-,17+;/m1./s1. The molecule has 2 aromatic rings. The Hall–Kier alpha value is -1.71. The Bertz CT molecular complexity index is 544. The summed E-state index contributed by atoms with van der Waals surface area (Å²) in [4.78, 5) is 0. The molecule has 1 aliphatic rings. The zero-order valence-corrected chi connectivity index (χ0v) is 12.7. The van der Waals surface area contributed by atoms with Crippen LogP contribution in [0.1, 0.15) is 17.9 Å². The van der Waals surface area contributed by atoms with E-state index in [-0.39, 0.29) is 18.5 Å². The fraction of sp³-hybridized carbons (Fsp3) is 0.294. The van der Waals surface area contributed by atoms with Crippen LogP contribution in [0.15, 0.2) is 54.6 Å². The van der Waals surface area contributed by atoms with E-state index in [1.165, 1.54) is 5.56 Å². The van der Waals surface area contributed by atoms with E-state index in [1.807, 2.05) is 24.3 Å². The van der Waals surface area contributed by atoms with Crippen molar-refractivity contribution in [3.8, 4) is 5.75 Å². The van der Waals surface area contributed by atoms with E-state index in [0.29, 0.717) is 5.92 Å². The van der Waals surface area contributed by atoms with Crippen molar-refractivity contribution < 1.29 is 4.74 Å². The summed E-state index contributed by atoms with van der Waals surface area (Å²) < 4.78 is 6.18. The second-order valence-electron chi connectivity index (χ2n) is 5.24. The van der Waals surface area contributed by atoms with Crippen LogP contribution in [0.25, 0.3) is 0 Å². The molecule has 0 bridgehead atoms. The van der Waals surface area contributed by atoms with Crippen LogP contribution in [-0.2, 0) is 0 Å². The fourth-order valence-electron chi connectivity index (χ4n) is 2.73. The van der Waals surface area contributed by atoms with Crippen LogP contribution < -0.4 is 15.8 Å². The van der Waals surface area contributed by atoms with Crippen molar-refractivity contribution in [2.24, 2.45) is 0 Å². The first-order valence-electron chi connectivity index (χ1n) is 7.11. The zero-order chi connectivity index (χ0) is 13.8. The first-order chi connectivity index (χ1) is 9.83. The van der Waals surface area contributed by atoms with Crippen LogP contribution >= 0.6 is 12.4 Å². The molecule has 0 spiro atoms. The highest BCUT2D eigenvalue weighted by molar-refractivity contribution is 5.85. The van der Waals surface area contributed by atoms with Crippen molar-refractivity contribution in [3.05, 3.63) is 60.2 Å². The van der Waals surface area contributed by atoms with Gasteiger partial charge in [-0.05, 0) is 42.8 Å². The minimum Gasteiger partial charge on any atom is -0.490 e. The maximum Gasteiger partial charge on any atom is 0.119 e. The highest BCUT2D eigenvalue weighted by Crippen LogP contribution is 2.28. The lowest BCUT2D eigenvalue weighted by Gasteiger charge is -2.33. The van der Waals surface area contributed by atoms with Gasteiger partial charge in [0, 0.05) is 18.2 Å². The second-order valence-corrected chi connectivity index (χ2v) is 5.24. The molecule has 1 fully saturated rings. The van der Waals surface area contributed by atoms with Gasteiger partial charge in [-0.2, -0.15) is 0 Å². The van der Waals surface area contributed by atoms with Gasteiger partial charge >= 0.3 is 0 Å². The summed E-state index contributed by atoms with van der Waals surface area (Å²) in [6.45, 7) is 1.96. The lowest BCUT2D eigenvalue weighted by atomic mass is 9.89. The van der Waals surface area contributed by atoms with Gasteiger partial charge in [-0.3, -0.25) is 0 Å². The van der Waals surface area contributed by atoms with Crippen molar-refractivity contribution in [2.75, 3.05) is 18.8 Å². The zero-order valence-electron chi connectivity index (χ0n) is 11.9. The number of hydrogen-bond donors (Lipinski definition) is 2. The smallest absolute Gasteiger partial charge is 0.119 e. The SMILES string of the molecule is Cl.Nc1ccc(O[C@H]2CCNC[C@@H]2c2ccccc2)cc1. The molecule has 2 aromatic carbocycles. The van der Waals surface area contributed by atoms with Crippen LogP contribution in [0.2, 0.25) is 0 Å². The van der Waals surface area contributed by atoms with Gasteiger partial charge in [0.25, 0.3) is 0 Å². The van der Waals surface area contributed by atoms with Crippen LogP contribution in [0, 0.1) is 0 Å². The van der Waals surface area contributed by atoms with Crippen LogP contribution in [0.4, 0.5) is 5.69 Å². The van der Waals surface area contributed by atoms with E-state index < -0.39 is 0 Å². The summed E-state index contributed by atoms with van der Waals surface area (Å²) in [5, 5.41) is 3.46. The minimum absolute atomic E-state index is 0. The third kappa shape index (κ3) is 3.90. The number of anilines is 1. The predicted octanol–water partition coefficient (Wildman–Crippen LogP) is 3.22. The summed E-state index contributed by atoms with van der Waals surface area (Å²) in [5.41, 5.74) is 7.81. The van der Waals surface area contributed by atoms with Gasteiger partial charge in [0.1, 0.15) is 11.9 Å². The maximum absolute atomic E-state index is 6.18. The van der Waals surface area contributed by atoms with Crippen LogP contribution in [0.5, 0.6) is 5.75 Å². The number of nitrogens with two attached hydrogens (primary N) is 1. The highest BCUT2D eigenvalue weighted by Gasteiger charge is 2.27. The van der Waals surface area contributed by atoms with Gasteiger partial charge in [0.15, 0.2) is 0 Å². The Balaban J connectivity index is 0.00000161. The lowest BCUT2D eigenvalue weighted by Crippen LogP contribution is -2.41. The maximum atomic E-state index is 6.18. The molecular formula is C17H21ClN2O. The number of ether oxygens (including phenoxy) is 1. The van der Waals surface area contributed by atoms with Crippen molar-refractivity contribution in [1.29, 1.82) is 0 Å². The predicted molar refractivity (Wildman–Crippen MR) is 89.2 cm³/mol. The van der Waals surface area contributed by atoms with Crippen LogP contribution in [-0.4, -0.2) is 19.2 Å². The molecule has 1 aliphatic heterocycles. The van der Waals surface area contributed by atoms with Gasteiger partial charge in [0.2, 0.25) is 0 Å². The molecule has 0 aliphatic carbocycles. The summed E-state index contributed by atoms with van der Waals surface area (Å²) in [5.74, 6) is 1.29. The molecule has 0 amide bonds. The van der Waals surface area contributed by atoms with Gasteiger partial charge < -0.3 is 15.8 Å². The number of hydrogen-bond acceptors (Lipinski definition) is 3. The molecule has 3 N–H and O–H groups in total. The Morgan fingerprint density at radius 3 is 2.43 bits per heavy atom. The topological polar surface area (TPSA) is 47.3 Å². The van der Waals surface area contributed by atoms with Crippen molar-refractivity contribution >= 4 is 18.1 Å². The average Bonchev–Trinajstić information content (AvgIpc) is 2.51. The van der Waals surface area contributed by atoms with Gasteiger partial charge in [-0.1, -0.05) is 30.3 Å². The number of halogens is 1.